The van der Waals surface area contributed by atoms with Gasteiger partial charge in [0.05, 0.1) is 22.7 Å². The van der Waals surface area contributed by atoms with Crippen LogP contribution in [0, 0.1) is 12.7 Å². The van der Waals surface area contributed by atoms with Crippen molar-refractivity contribution in [1.29, 1.82) is 0 Å². The fraction of sp³-hybridized carbons (Fsp3) is 0.231. The van der Waals surface area contributed by atoms with E-state index in [1.807, 2.05) is 6.92 Å². The van der Waals surface area contributed by atoms with Gasteiger partial charge in [0, 0.05) is 12.7 Å². The number of aryl methyl sites for hydroxylation is 2. The molecule has 0 aliphatic carbocycles. The molecular weight excluding hydrogens is 255 g/mol. The summed E-state index contributed by atoms with van der Waals surface area (Å²) in [7, 11) is 1.75. The molecule has 2 rings (SSSR count). The molecule has 1 aromatic heterocycles. The summed E-state index contributed by atoms with van der Waals surface area (Å²) < 4.78 is 15.3. The van der Waals surface area contributed by atoms with E-state index in [9.17, 15) is 9.18 Å². The van der Waals surface area contributed by atoms with Gasteiger partial charge in [0.2, 0.25) is 0 Å². The van der Waals surface area contributed by atoms with Crippen LogP contribution in [0.15, 0.2) is 24.3 Å². The van der Waals surface area contributed by atoms with Crippen molar-refractivity contribution >= 4 is 17.4 Å². The van der Waals surface area contributed by atoms with Gasteiger partial charge in [-0.05, 0) is 25.1 Å². The fourth-order valence-corrected chi connectivity index (χ4v) is 1.98. The van der Waals surface area contributed by atoms with Crippen LogP contribution in [0.25, 0.3) is 0 Å². The average Bonchev–Trinajstić information content (AvgIpc) is 2.61. The van der Waals surface area contributed by atoms with E-state index in [2.05, 4.69) is 5.10 Å². The maximum absolute atomic E-state index is 13.7. The highest BCUT2D eigenvalue weighted by Gasteiger charge is 2.16. The van der Waals surface area contributed by atoms with Crippen molar-refractivity contribution < 1.29 is 9.18 Å². The molecule has 0 radical (unpaired) electrons. The van der Waals surface area contributed by atoms with Crippen molar-refractivity contribution in [3.05, 3.63) is 52.1 Å². The minimum Gasteiger partial charge on any atom is -0.294 e. The number of ketones is 1. The van der Waals surface area contributed by atoms with E-state index in [1.165, 1.54) is 12.1 Å². The van der Waals surface area contributed by atoms with Gasteiger partial charge in [-0.15, -0.1) is 0 Å². The van der Waals surface area contributed by atoms with E-state index < -0.39 is 5.82 Å². The highest BCUT2D eigenvalue weighted by Crippen LogP contribution is 2.19. The Balaban J connectivity index is 2.27. The van der Waals surface area contributed by atoms with Gasteiger partial charge < -0.3 is 0 Å². The molecule has 0 fully saturated rings. The molecule has 94 valence electrons. The molecule has 1 heterocycles. The molecule has 0 amide bonds. The predicted molar refractivity (Wildman–Crippen MR) is 67.4 cm³/mol. The number of rotatable bonds is 3. The lowest BCUT2D eigenvalue weighted by Crippen LogP contribution is -2.09. The smallest absolute Gasteiger partial charge is 0.171 e. The van der Waals surface area contributed by atoms with Gasteiger partial charge in [-0.1, -0.05) is 17.7 Å². The first-order valence-corrected chi connectivity index (χ1v) is 5.83. The van der Waals surface area contributed by atoms with Crippen molar-refractivity contribution in [2.24, 2.45) is 7.05 Å². The lowest BCUT2D eigenvalue weighted by Gasteiger charge is -2.04. The second-order valence-electron chi connectivity index (χ2n) is 4.10. The van der Waals surface area contributed by atoms with Crippen LogP contribution in [-0.2, 0) is 13.5 Å². The summed E-state index contributed by atoms with van der Waals surface area (Å²) in [6.45, 7) is 1.84. The number of nitrogens with zero attached hydrogens (tertiary/aromatic N) is 2. The summed E-state index contributed by atoms with van der Waals surface area (Å²) in [5.74, 6) is -0.971. The maximum atomic E-state index is 13.7. The Morgan fingerprint density at radius 3 is 2.83 bits per heavy atom. The van der Waals surface area contributed by atoms with Crippen LogP contribution in [0.5, 0.6) is 0 Å². The summed E-state index contributed by atoms with van der Waals surface area (Å²) in [4.78, 5) is 12.0. The molecule has 1 aromatic carbocycles. The van der Waals surface area contributed by atoms with Crippen molar-refractivity contribution in [1.82, 2.24) is 9.78 Å². The standard InChI is InChI=1S/C13H12ClFN2O/c1-8-6-9(17(2)16-8)7-12(18)10-4-3-5-11(14)13(10)15/h3-6H,7H2,1-2H3. The third kappa shape index (κ3) is 2.43. The zero-order valence-corrected chi connectivity index (χ0v) is 10.8. The Hall–Kier alpha value is -1.68. The van der Waals surface area contributed by atoms with E-state index in [0.717, 1.165) is 11.4 Å². The molecule has 2 aromatic rings. The minimum atomic E-state index is -0.664. The molecule has 0 spiro atoms. The highest BCUT2D eigenvalue weighted by molar-refractivity contribution is 6.31. The first kappa shape index (κ1) is 12.8. The number of hydrogen-bond donors (Lipinski definition) is 0. The second-order valence-corrected chi connectivity index (χ2v) is 4.51. The largest absolute Gasteiger partial charge is 0.294 e. The molecule has 0 saturated heterocycles. The summed E-state index contributed by atoms with van der Waals surface area (Å²) >= 11 is 5.65. The Morgan fingerprint density at radius 2 is 2.22 bits per heavy atom. The van der Waals surface area contributed by atoms with Crippen LogP contribution >= 0.6 is 11.6 Å². The van der Waals surface area contributed by atoms with E-state index in [-0.39, 0.29) is 22.8 Å². The Bertz CT molecular complexity index is 607. The molecule has 18 heavy (non-hydrogen) atoms. The van der Waals surface area contributed by atoms with Crippen LogP contribution in [0.3, 0.4) is 0 Å². The average molecular weight is 267 g/mol. The summed E-state index contributed by atoms with van der Waals surface area (Å²) in [5.41, 5.74) is 1.59. The summed E-state index contributed by atoms with van der Waals surface area (Å²) in [6, 6.07) is 6.22. The first-order chi connectivity index (χ1) is 8.49. The molecule has 0 atom stereocenters. The molecule has 0 saturated carbocycles. The fourth-order valence-electron chi connectivity index (χ4n) is 1.81. The number of halogens is 2. The van der Waals surface area contributed by atoms with E-state index in [0.29, 0.717) is 0 Å². The maximum Gasteiger partial charge on any atom is 0.171 e. The lowest BCUT2D eigenvalue weighted by atomic mass is 10.1. The number of carbonyl (C=O) groups is 1. The lowest BCUT2D eigenvalue weighted by molar-refractivity contribution is 0.0987. The third-order valence-corrected chi connectivity index (χ3v) is 2.98. The van der Waals surface area contributed by atoms with Gasteiger partial charge in [-0.3, -0.25) is 9.48 Å². The monoisotopic (exact) mass is 266 g/mol. The van der Waals surface area contributed by atoms with Crippen molar-refractivity contribution in [2.45, 2.75) is 13.3 Å². The van der Waals surface area contributed by atoms with Gasteiger partial charge in [-0.25, -0.2) is 4.39 Å². The Kier molecular flexibility index (Phi) is 3.48. The van der Waals surface area contributed by atoms with Crippen molar-refractivity contribution in [3.8, 4) is 0 Å². The SMILES string of the molecule is Cc1cc(CC(=O)c2cccc(Cl)c2F)n(C)n1. The zero-order valence-electron chi connectivity index (χ0n) is 10.1. The Morgan fingerprint density at radius 1 is 1.50 bits per heavy atom. The van der Waals surface area contributed by atoms with Crippen LogP contribution in [0.4, 0.5) is 4.39 Å². The quantitative estimate of drug-likeness (QED) is 0.801. The highest BCUT2D eigenvalue weighted by atomic mass is 35.5. The van der Waals surface area contributed by atoms with Gasteiger partial charge in [0.15, 0.2) is 11.6 Å². The first-order valence-electron chi connectivity index (χ1n) is 5.45. The van der Waals surface area contributed by atoms with Gasteiger partial charge in [-0.2, -0.15) is 5.10 Å². The molecular formula is C13H12ClFN2O. The van der Waals surface area contributed by atoms with Gasteiger partial charge >= 0.3 is 0 Å². The van der Waals surface area contributed by atoms with Crippen LogP contribution < -0.4 is 0 Å². The molecule has 5 heteroatoms. The number of benzene rings is 1. The van der Waals surface area contributed by atoms with E-state index >= 15 is 0 Å². The van der Waals surface area contributed by atoms with Crippen molar-refractivity contribution in [2.75, 3.05) is 0 Å². The zero-order chi connectivity index (χ0) is 13.3. The normalized spacial score (nSPS) is 10.7. The van der Waals surface area contributed by atoms with Crippen LogP contribution in [-0.4, -0.2) is 15.6 Å². The topological polar surface area (TPSA) is 34.9 Å². The summed E-state index contributed by atoms with van der Waals surface area (Å²) in [5, 5.41) is 4.10. The van der Waals surface area contributed by atoms with Crippen molar-refractivity contribution in [3.63, 3.8) is 0 Å². The number of Topliss-reactive ketones (excluding diaryl/α,β-unsaturated/α-hetero) is 1. The molecule has 0 bridgehead atoms. The number of hydrogen-bond acceptors (Lipinski definition) is 2. The molecule has 0 unspecified atom stereocenters. The Labute approximate surface area is 109 Å². The van der Waals surface area contributed by atoms with Gasteiger partial charge in [0.25, 0.3) is 0 Å². The minimum absolute atomic E-state index is 0.0151. The second kappa shape index (κ2) is 4.90. The number of aromatic nitrogens is 2. The van der Waals surface area contributed by atoms with E-state index in [1.54, 1.807) is 23.9 Å². The molecule has 3 nitrogen and oxygen atoms in total. The van der Waals surface area contributed by atoms with E-state index in [4.69, 9.17) is 11.6 Å². The van der Waals surface area contributed by atoms with Crippen LogP contribution in [0.2, 0.25) is 5.02 Å². The summed E-state index contributed by atoms with van der Waals surface area (Å²) in [6.07, 6.45) is 0.106. The molecule has 0 aliphatic rings. The number of carbonyl (C=O) groups excluding carboxylic acids is 1. The van der Waals surface area contributed by atoms with Crippen LogP contribution in [0.1, 0.15) is 21.7 Å². The molecule has 0 aliphatic heterocycles. The molecule has 0 N–H and O–H groups in total. The third-order valence-electron chi connectivity index (χ3n) is 2.69. The predicted octanol–water partition coefficient (Wildman–Crippen LogP) is 2.95. The van der Waals surface area contributed by atoms with Gasteiger partial charge in [0.1, 0.15) is 0 Å².